The number of anilines is 3. The van der Waals surface area contributed by atoms with Gasteiger partial charge in [-0.25, -0.2) is 9.97 Å². The van der Waals surface area contributed by atoms with Gasteiger partial charge in [0.05, 0.1) is 12.4 Å². The summed E-state index contributed by atoms with van der Waals surface area (Å²) in [5.41, 5.74) is 3.51. The number of para-hydroxylation sites is 1. The van der Waals surface area contributed by atoms with Crippen LogP contribution in [0.5, 0.6) is 11.6 Å². The van der Waals surface area contributed by atoms with Crippen molar-refractivity contribution in [3.63, 3.8) is 0 Å². The molecular weight excluding hydrogens is 404 g/mol. The Morgan fingerprint density at radius 3 is 2.88 bits per heavy atom. The van der Waals surface area contributed by atoms with E-state index in [-0.39, 0.29) is 5.91 Å². The van der Waals surface area contributed by atoms with Crippen LogP contribution in [-0.4, -0.2) is 33.9 Å². The van der Waals surface area contributed by atoms with Crippen molar-refractivity contribution >= 4 is 28.6 Å². The van der Waals surface area contributed by atoms with Crippen LogP contribution >= 0.6 is 0 Å². The van der Waals surface area contributed by atoms with Crippen LogP contribution in [0, 0.1) is 6.92 Å². The third kappa shape index (κ3) is 4.93. The quantitative estimate of drug-likeness (QED) is 0.363. The monoisotopic (exact) mass is 428 g/mol. The smallest absolute Gasteiger partial charge is 0.248 e. The lowest BCUT2D eigenvalue weighted by Crippen LogP contribution is -2.10. The molecule has 0 bridgehead atoms. The fraction of sp³-hybridized carbons (Fsp3) is 0.125. The van der Waals surface area contributed by atoms with Crippen molar-refractivity contribution in [2.75, 3.05) is 24.2 Å². The molecule has 0 radical (unpaired) electrons. The van der Waals surface area contributed by atoms with E-state index in [0.717, 1.165) is 16.8 Å². The van der Waals surface area contributed by atoms with E-state index in [2.05, 4.69) is 25.9 Å². The Balaban J connectivity index is 1.54. The summed E-state index contributed by atoms with van der Waals surface area (Å²) in [5.74, 6) is 1.55. The van der Waals surface area contributed by atoms with Crippen molar-refractivity contribution in [1.29, 1.82) is 0 Å². The van der Waals surface area contributed by atoms with E-state index in [4.69, 9.17) is 4.74 Å². The SMILES string of the molecule is CNC/C=C/C(=O)Nc1cccc(Oc2cnc(Nc3ccccc3C)c3cncn23)c1. The van der Waals surface area contributed by atoms with Crippen LogP contribution in [0.2, 0.25) is 0 Å². The molecule has 0 saturated carbocycles. The lowest BCUT2D eigenvalue weighted by molar-refractivity contribution is -0.111. The average molecular weight is 428 g/mol. The second-order valence-corrected chi connectivity index (χ2v) is 7.11. The van der Waals surface area contributed by atoms with E-state index in [1.165, 1.54) is 6.08 Å². The van der Waals surface area contributed by atoms with Gasteiger partial charge in [-0.05, 0) is 37.7 Å². The molecule has 2 aromatic carbocycles. The number of carbonyl (C=O) groups excluding carboxylic acids is 1. The van der Waals surface area contributed by atoms with Gasteiger partial charge in [0.15, 0.2) is 5.82 Å². The highest BCUT2D eigenvalue weighted by Gasteiger charge is 2.11. The number of ether oxygens (including phenoxy) is 1. The summed E-state index contributed by atoms with van der Waals surface area (Å²) in [6.45, 7) is 2.66. The van der Waals surface area contributed by atoms with Crippen LogP contribution in [0.3, 0.4) is 0 Å². The molecule has 0 saturated heterocycles. The topological polar surface area (TPSA) is 92.6 Å². The second kappa shape index (κ2) is 9.76. The van der Waals surface area contributed by atoms with Gasteiger partial charge in [-0.1, -0.05) is 30.3 Å². The minimum absolute atomic E-state index is 0.206. The summed E-state index contributed by atoms with van der Waals surface area (Å²) in [6, 6.07) is 15.2. The number of carbonyl (C=O) groups is 1. The van der Waals surface area contributed by atoms with Crippen molar-refractivity contribution in [3.05, 3.63) is 85.0 Å². The third-order valence-electron chi connectivity index (χ3n) is 4.74. The highest BCUT2D eigenvalue weighted by Crippen LogP contribution is 2.28. The van der Waals surface area contributed by atoms with Crippen molar-refractivity contribution in [3.8, 4) is 11.6 Å². The van der Waals surface area contributed by atoms with Crippen molar-refractivity contribution in [2.45, 2.75) is 6.92 Å². The molecule has 32 heavy (non-hydrogen) atoms. The number of nitrogens with zero attached hydrogens (tertiary/aromatic N) is 3. The van der Waals surface area contributed by atoms with E-state index in [1.807, 2.05) is 54.8 Å². The Kier molecular flexibility index (Phi) is 6.43. The maximum atomic E-state index is 12.0. The first-order chi connectivity index (χ1) is 15.6. The second-order valence-electron chi connectivity index (χ2n) is 7.11. The molecular formula is C24H24N6O2. The molecule has 0 fully saturated rings. The number of hydrogen-bond acceptors (Lipinski definition) is 6. The Morgan fingerprint density at radius 2 is 2.03 bits per heavy atom. The summed E-state index contributed by atoms with van der Waals surface area (Å²) < 4.78 is 7.87. The van der Waals surface area contributed by atoms with Crippen LogP contribution in [-0.2, 0) is 4.79 Å². The lowest BCUT2D eigenvalue weighted by atomic mass is 10.2. The molecule has 0 aliphatic heterocycles. The predicted octanol–water partition coefficient (Wildman–Crippen LogP) is 4.29. The van der Waals surface area contributed by atoms with Crippen LogP contribution in [0.4, 0.5) is 17.2 Å². The van der Waals surface area contributed by atoms with E-state index in [0.29, 0.717) is 29.7 Å². The minimum atomic E-state index is -0.206. The van der Waals surface area contributed by atoms with Gasteiger partial charge in [0, 0.05) is 30.1 Å². The summed E-state index contributed by atoms with van der Waals surface area (Å²) in [6.07, 6.45) is 8.29. The fourth-order valence-electron chi connectivity index (χ4n) is 3.13. The molecule has 3 N–H and O–H groups in total. The first-order valence-corrected chi connectivity index (χ1v) is 10.2. The number of aryl methyl sites for hydroxylation is 1. The minimum Gasteiger partial charge on any atom is -0.439 e. The number of nitrogens with one attached hydrogen (secondary N) is 3. The van der Waals surface area contributed by atoms with Gasteiger partial charge < -0.3 is 20.7 Å². The first-order valence-electron chi connectivity index (χ1n) is 10.2. The summed E-state index contributed by atoms with van der Waals surface area (Å²) in [5, 5.41) is 9.13. The van der Waals surface area contributed by atoms with Crippen molar-refractivity contribution < 1.29 is 9.53 Å². The van der Waals surface area contributed by atoms with Gasteiger partial charge in [-0.15, -0.1) is 0 Å². The summed E-state index contributed by atoms with van der Waals surface area (Å²) in [4.78, 5) is 20.8. The molecule has 162 valence electrons. The Labute approximate surface area is 186 Å². The average Bonchev–Trinajstić information content (AvgIpc) is 3.28. The number of amides is 1. The molecule has 2 aromatic heterocycles. The summed E-state index contributed by atoms with van der Waals surface area (Å²) >= 11 is 0. The Hall–Kier alpha value is -4.17. The van der Waals surface area contributed by atoms with E-state index < -0.39 is 0 Å². The number of fused-ring (bicyclic) bond motifs is 1. The molecule has 4 rings (SSSR count). The zero-order valence-corrected chi connectivity index (χ0v) is 17.9. The number of hydrogen-bond donors (Lipinski definition) is 3. The van der Waals surface area contributed by atoms with Gasteiger partial charge in [-0.2, -0.15) is 0 Å². The molecule has 4 aromatic rings. The first kappa shape index (κ1) is 21.1. The molecule has 8 heteroatoms. The maximum Gasteiger partial charge on any atom is 0.248 e. The maximum absolute atomic E-state index is 12.0. The molecule has 0 atom stereocenters. The van der Waals surface area contributed by atoms with Gasteiger partial charge in [-0.3, -0.25) is 9.20 Å². The Bertz CT molecular complexity index is 1260. The molecule has 0 spiro atoms. The highest BCUT2D eigenvalue weighted by atomic mass is 16.5. The largest absolute Gasteiger partial charge is 0.439 e. The molecule has 0 aliphatic carbocycles. The lowest BCUT2D eigenvalue weighted by Gasteiger charge is -2.13. The zero-order chi connectivity index (χ0) is 22.3. The third-order valence-corrected chi connectivity index (χ3v) is 4.74. The number of imidazole rings is 1. The normalized spacial score (nSPS) is 11.1. The predicted molar refractivity (Wildman–Crippen MR) is 126 cm³/mol. The standard InChI is InChI=1S/C24H24N6O2/c1-17-7-3-4-10-20(17)29-24-21-14-26-16-30(21)23(15-27-24)32-19-9-5-8-18(13-19)28-22(31)11-6-12-25-2/h3-11,13-16,25H,12H2,1-2H3,(H,27,29)(H,28,31)/b11-6+. The van der Waals surface area contributed by atoms with Gasteiger partial charge in [0.2, 0.25) is 11.8 Å². The van der Waals surface area contributed by atoms with Gasteiger partial charge in [0.25, 0.3) is 0 Å². The Morgan fingerprint density at radius 1 is 1.16 bits per heavy atom. The number of aromatic nitrogens is 3. The number of benzene rings is 2. The fourth-order valence-corrected chi connectivity index (χ4v) is 3.13. The van der Waals surface area contributed by atoms with Crippen molar-refractivity contribution in [1.82, 2.24) is 19.7 Å². The molecule has 0 aliphatic rings. The van der Waals surface area contributed by atoms with E-state index in [1.54, 1.807) is 36.9 Å². The van der Waals surface area contributed by atoms with Crippen LogP contribution in [0.25, 0.3) is 5.52 Å². The number of rotatable bonds is 8. The van der Waals surface area contributed by atoms with Crippen LogP contribution < -0.4 is 20.7 Å². The molecule has 1 amide bonds. The van der Waals surface area contributed by atoms with Gasteiger partial charge in [0.1, 0.15) is 17.6 Å². The highest BCUT2D eigenvalue weighted by molar-refractivity contribution is 5.99. The van der Waals surface area contributed by atoms with Crippen molar-refractivity contribution in [2.24, 2.45) is 0 Å². The molecule has 8 nitrogen and oxygen atoms in total. The van der Waals surface area contributed by atoms with E-state index >= 15 is 0 Å². The van der Waals surface area contributed by atoms with E-state index in [9.17, 15) is 4.79 Å². The van der Waals surface area contributed by atoms with Crippen LogP contribution in [0.1, 0.15) is 5.56 Å². The molecule has 0 unspecified atom stereocenters. The molecule has 2 heterocycles. The van der Waals surface area contributed by atoms with Crippen LogP contribution in [0.15, 0.2) is 79.4 Å². The van der Waals surface area contributed by atoms with Gasteiger partial charge >= 0.3 is 0 Å². The number of likely N-dealkylation sites (N-methyl/N-ethyl adjacent to an activating group) is 1. The summed E-state index contributed by atoms with van der Waals surface area (Å²) in [7, 11) is 1.82. The zero-order valence-electron chi connectivity index (χ0n) is 17.9.